The van der Waals surface area contributed by atoms with Gasteiger partial charge >= 0.3 is 5.97 Å². The van der Waals surface area contributed by atoms with Crippen molar-refractivity contribution in [2.75, 3.05) is 38.6 Å². The molecule has 1 saturated heterocycles. The molecule has 2 atom stereocenters. The molecular weight excluding hydrogens is 715 g/mol. The van der Waals surface area contributed by atoms with E-state index >= 15 is 0 Å². The summed E-state index contributed by atoms with van der Waals surface area (Å²) in [6, 6.07) is 12.5. The fourth-order valence-corrected chi connectivity index (χ4v) is 10.4. The largest absolute Gasteiger partial charge is 0.469 e. The van der Waals surface area contributed by atoms with E-state index in [1.807, 2.05) is 51.4 Å². The molecule has 294 valence electrons. The molecule has 0 bridgehead atoms. The number of hydrogen-bond donors (Lipinski definition) is 1. The van der Waals surface area contributed by atoms with Crippen molar-refractivity contribution in [3.8, 4) is 5.88 Å². The number of likely N-dealkylation sites (tertiary alicyclic amines) is 1. The molecule has 2 aromatic carbocycles. The van der Waals surface area contributed by atoms with E-state index in [0.29, 0.717) is 11.9 Å². The Balaban J connectivity index is 1.13. The number of pyridine rings is 1. The summed E-state index contributed by atoms with van der Waals surface area (Å²) in [7, 11) is -2.58. The summed E-state index contributed by atoms with van der Waals surface area (Å²) in [5.41, 5.74) is 5.62. The number of methoxy groups -OCH3 is 1. The summed E-state index contributed by atoms with van der Waals surface area (Å²) in [6.07, 6.45) is 7.44. The molecule has 0 amide bonds. The monoisotopic (exact) mass is 769 g/mol. The average Bonchev–Trinajstić information content (AvgIpc) is 4.09. The Morgan fingerprint density at radius 3 is 2.49 bits per heavy atom. The lowest BCUT2D eigenvalue weighted by Crippen LogP contribution is -2.38. The number of benzene rings is 2. The van der Waals surface area contributed by atoms with E-state index in [0.717, 1.165) is 89.7 Å². The number of esters is 1. The minimum Gasteiger partial charge on any atom is -0.469 e. The number of sulfonamides is 1. The van der Waals surface area contributed by atoms with Crippen molar-refractivity contribution in [1.82, 2.24) is 29.2 Å². The van der Waals surface area contributed by atoms with Gasteiger partial charge in [0.15, 0.2) is 0 Å². The van der Waals surface area contributed by atoms with Crippen molar-refractivity contribution >= 4 is 32.8 Å². The van der Waals surface area contributed by atoms with Crippen molar-refractivity contribution in [2.24, 2.45) is 5.41 Å². The number of nitrogens with one attached hydrogen (secondary N) is 1. The van der Waals surface area contributed by atoms with E-state index < -0.39 is 27.0 Å². The maximum atomic E-state index is 14.7. The molecule has 4 aromatic rings. The van der Waals surface area contributed by atoms with Gasteiger partial charge in [0, 0.05) is 25.0 Å². The second-order valence-corrected chi connectivity index (χ2v) is 19.1. The van der Waals surface area contributed by atoms with Gasteiger partial charge in [-0.2, -0.15) is 9.29 Å². The highest BCUT2D eigenvalue weighted by Crippen LogP contribution is 2.48. The number of carbonyl (C=O) groups excluding carboxylic acids is 1. The van der Waals surface area contributed by atoms with Crippen molar-refractivity contribution < 1.29 is 22.7 Å². The SMILES string of the molecule is COC(=O)C(C)(C)C(c1ccc(C)c(CN2CC3(CC3)Oc3nc(NC(C)CN4CCCCC4)c(C)cc3S2(=O)=O)c1)c1ccc2c(nnn2C2CC2)c1C. The number of carbonyl (C=O) groups is 1. The second-order valence-electron chi connectivity index (χ2n) is 17.2. The summed E-state index contributed by atoms with van der Waals surface area (Å²) in [6.45, 7) is 15.4. The molecule has 4 heterocycles. The third-order valence-corrected chi connectivity index (χ3v) is 14.1. The molecular formula is C42H55N7O5S. The molecule has 2 aromatic heterocycles. The zero-order valence-corrected chi connectivity index (χ0v) is 34.1. The van der Waals surface area contributed by atoms with Crippen LogP contribution < -0.4 is 10.1 Å². The van der Waals surface area contributed by atoms with Gasteiger partial charge in [0.2, 0.25) is 15.9 Å². The molecule has 1 N–H and O–H groups in total. The van der Waals surface area contributed by atoms with E-state index in [4.69, 9.17) is 14.5 Å². The molecule has 2 unspecified atom stereocenters. The summed E-state index contributed by atoms with van der Waals surface area (Å²) >= 11 is 0. The second kappa shape index (κ2) is 14.1. The first kappa shape index (κ1) is 37.8. The smallest absolute Gasteiger partial charge is 0.312 e. The molecule has 12 nitrogen and oxygen atoms in total. The number of aryl methyl sites for hydroxylation is 3. The van der Waals surface area contributed by atoms with Crippen LogP contribution in [-0.4, -0.2) is 88.5 Å². The van der Waals surface area contributed by atoms with Gasteiger partial charge in [0.25, 0.3) is 0 Å². The predicted octanol–water partition coefficient (Wildman–Crippen LogP) is 6.82. The number of anilines is 1. The highest BCUT2D eigenvalue weighted by Gasteiger charge is 2.53. The highest BCUT2D eigenvalue weighted by atomic mass is 32.2. The van der Waals surface area contributed by atoms with Gasteiger partial charge in [-0.15, -0.1) is 5.10 Å². The number of aromatic nitrogens is 4. The van der Waals surface area contributed by atoms with Crippen molar-refractivity contribution in [2.45, 2.75) is 122 Å². The number of nitrogens with zero attached hydrogens (tertiary/aromatic N) is 6. The summed E-state index contributed by atoms with van der Waals surface area (Å²) in [5.74, 6) is 0.0875. The predicted molar refractivity (Wildman–Crippen MR) is 212 cm³/mol. The van der Waals surface area contributed by atoms with E-state index in [1.54, 1.807) is 10.4 Å². The van der Waals surface area contributed by atoms with Gasteiger partial charge in [-0.3, -0.25) is 4.79 Å². The minimum absolute atomic E-state index is 0.102. The Morgan fingerprint density at radius 1 is 1.05 bits per heavy atom. The van der Waals surface area contributed by atoms with Gasteiger partial charge < -0.3 is 19.7 Å². The molecule has 2 aliphatic carbocycles. The number of rotatable bonds is 11. The normalized spacial score (nSPS) is 20.7. The lowest BCUT2D eigenvalue weighted by molar-refractivity contribution is -0.151. The van der Waals surface area contributed by atoms with E-state index in [2.05, 4.69) is 45.7 Å². The van der Waals surface area contributed by atoms with Gasteiger partial charge in [-0.05, 0) is 139 Å². The molecule has 0 radical (unpaired) electrons. The lowest BCUT2D eigenvalue weighted by Gasteiger charge is -2.34. The Hall–Kier alpha value is -4.07. The maximum Gasteiger partial charge on any atom is 0.312 e. The standard InChI is InChI=1S/C42H55N7O5S/c1-26-11-12-30(36(41(5,6)40(50)53-7)33-15-16-34-37(29(33)4)45-46-49(34)32-13-14-32)22-31(26)24-48-25-42(17-18-42)54-39-35(55(48,51)52)21-27(2)38(44-39)43-28(3)23-47-19-9-8-10-20-47/h11-12,15-16,21-22,28,32,36H,8-10,13-14,17-20,23-25H2,1-7H3,(H,43,44). The van der Waals surface area contributed by atoms with Crippen molar-refractivity contribution in [1.29, 1.82) is 0 Å². The fourth-order valence-electron chi connectivity index (χ4n) is 8.76. The lowest BCUT2D eigenvalue weighted by atomic mass is 9.69. The molecule has 2 saturated carbocycles. The van der Waals surface area contributed by atoms with E-state index in [9.17, 15) is 13.2 Å². The quantitative estimate of drug-likeness (QED) is 0.162. The van der Waals surface area contributed by atoms with Crippen LogP contribution in [0.2, 0.25) is 0 Å². The van der Waals surface area contributed by atoms with E-state index in [-0.39, 0.29) is 35.9 Å². The Labute approximate surface area is 325 Å². The van der Waals surface area contributed by atoms with E-state index in [1.165, 1.54) is 26.4 Å². The minimum atomic E-state index is -4.00. The van der Waals surface area contributed by atoms with Crippen LogP contribution in [0.1, 0.15) is 111 Å². The topological polar surface area (TPSA) is 132 Å². The van der Waals surface area contributed by atoms with Gasteiger partial charge in [0.1, 0.15) is 21.8 Å². The van der Waals surface area contributed by atoms with Gasteiger partial charge in [0.05, 0.1) is 30.6 Å². The van der Waals surface area contributed by atoms with Gasteiger partial charge in [-0.25, -0.2) is 13.1 Å². The first-order valence-corrected chi connectivity index (χ1v) is 21.4. The van der Waals surface area contributed by atoms with Crippen LogP contribution in [0.3, 0.4) is 0 Å². The number of ether oxygens (including phenoxy) is 2. The third-order valence-electron chi connectivity index (χ3n) is 12.3. The van der Waals surface area contributed by atoms with Crippen LogP contribution in [0, 0.1) is 26.2 Å². The number of hydrogen-bond acceptors (Lipinski definition) is 10. The summed E-state index contributed by atoms with van der Waals surface area (Å²) in [5, 5.41) is 12.6. The highest BCUT2D eigenvalue weighted by molar-refractivity contribution is 7.89. The first-order valence-electron chi connectivity index (χ1n) is 19.9. The van der Waals surface area contributed by atoms with Crippen LogP contribution >= 0.6 is 0 Å². The molecule has 13 heteroatoms. The molecule has 8 rings (SSSR count). The Bertz CT molecular complexity index is 2240. The summed E-state index contributed by atoms with van der Waals surface area (Å²) < 4.78 is 44.8. The Kier molecular flexibility index (Phi) is 9.73. The molecule has 3 fully saturated rings. The van der Waals surface area contributed by atoms with Crippen LogP contribution in [0.5, 0.6) is 5.88 Å². The summed E-state index contributed by atoms with van der Waals surface area (Å²) in [4.78, 5) is 21.0. The Morgan fingerprint density at radius 2 is 1.80 bits per heavy atom. The number of fused-ring (bicyclic) bond motifs is 2. The zero-order chi connectivity index (χ0) is 38.9. The maximum absolute atomic E-state index is 14.7. The van der Waals surface area contributed by atoms with Crippen LogP contribution in [0.4, 0.5) is 5.82 Å². The van der Waals surface area contributed by atoms with Crippen LogP contribution in [0.15, 0.2) is 41.3 Å². The van der Waals surface area contributed by atoms with Gasteiger partial charge in [-0.1, -0.05) is 35.9 Å². The molecule has 55 heavy (non-hydrogen) atoms. The van der Waals surface area contributed by atoms with Crippen LogP contribution in [-0.2, 0) is 26.1 Å². The third kappa shape index (κ3) is 7.12. The average molecular weight is 770 g/mol. The zero-order valence-electron chi connectivity index (χ0n) is 33.3. The van der Waals surface area contributed by atoms with Crippen molar-refractivity contribution in [3.05, 3.63) is 69.8 Å². The molecule has 1 spiro atoms. The van der Waals surface area contributed by atoms with Crippen molar-refractivity contribution in [3.63, 3.8) is 0 Å². The molecule has 2 aliphatic heterocycles. The first-order chi connectivity index (χ1) is 26.2. The molecule has 4 aliphatic rings. The number of piperidine rings is 1. The fraction of sp³-hybridized carbons (Fsp3) is 0.571. The van der Waals surface area contributed by atoms with Crippen LogP contribution in [0.25, 0.3) is 11.0 Å².